The summed E-state index contributed by atoms with van der Waals surface area (Å²) in [6.07, 6.45) is 1.97. The van der Waals surface area contributed by atoms with Gasteiger partial charge in [0.2, 0.25) is 0 Å². The second-order valence-electron chi connectivity index (χ2n) is 3.25. The number of rotatable bonds is 7. The van der Waals surface area contributed by atoms with E-state index in [0.717, 1.165) is 12.5 Å². The van der Waals surface area contributed by atoms with Crippen LogP contribution in [-0.2, 0) is 0 Å². The zero-order valence-corrected chi connectivity index (χ0v) is 9.28. The molecule has 0 aliphatic carbocycles. The predicted octanol–water partition coefficient (Wildman–Crippen LogP) is 2.42. The Morgan fingerprint density at radius 1 is 1.47 bits per heavy atom. The molecule has 0 aromatic carbocycles. The molecule has 0 fully saturated rings. The van der Waals surface area contributed by atoms with E-state index in [1.807, 2.05) is 0 Å². The van der Waals surface area contributed by atoms with Gasteiger partial charge in [0.25, 0.3) is 0 Å². The highest BCUT2D eigenvalue weighted by molar-refractivity contribution is 5.46. The van der Waals surface area contributed by atoms with Crippen molar-refractivity contribution in [1.29, 1.82) is 0 Å². The fraction of sp³-hybridized carbons (Fsp3) is 0.333. The molecule has 0 amide bonds. The van der Waals surface area contributed by atoms with Crippen molar-refractivity contribution < 1.29 is 4.39 Å². The minimum absolute atomic E-state index is 0.391. The average molecular weight is 210 g/mol. The number of nitrogens with two attached hydrogens (primary N) is 1. The van der Waals surface area contributed by atoms with E-state index in [1.165, 1.54) is 0 Å². The Balaban J connectivity index is 4.59. The Morgan fingerprint density at radius 3 is 2.47 bits per heavy atom. The van der Waals surface area contributed by atoms with Gasteiger partial charge in [0, 0.05) is 17.8 Å². The van der Waals surface area contributed by atoms with Crippen LogP contribution in [0.25, 0.3) is 0 Å². The molecule has 84 valence electrons. The molecule has 3 heteroatoms. The molecule has 0 aliphatic rings. The molecule has 0 rings (SSSR count). The zero-order valence-electron chi connectivity index (χ0n) is 9.28. The highest BCUT2D eigenvalue weighted by Crippen LogP contribution is 2.20. The first-order valence-corrected chi connectivity index (χ1v) is 4.85. The predicted molar refractivity (Wildman–Crippen MR) is 64.0 cm³/mol. The van der Waals surface area contributed by atoms with Crippen molar-refractivity contribution in [3.8, 4) is 0 Å². The first-order chi connectivity index (χ1) is 7.04. The van der Waals surface area contributed by atoms with Gasteiger partial charge in [-0.2, -0.15) is 0 Å². The lowest BCUT2D eigenvalue weighted by atomic mass is 10.1. The second kappa shape index (κ2) is 7.01. The summed E-state index contributed by atoms with van der Waals surface area (Å²) < 4.78 is 13.4. The molecular weight excluding hydrogens is 191 g/mol. The second-order valence-corrected chi connectivity index (χ2v) is 3.25. The van der Waals surface area contributed by atoms with Crippen LogP contribution in [0.3, 0.4) is 0 Å². The van der Waals surface area contributed by atoms with Crippen molar-refractivity contribution in [3.63, 3.8) is 0 Å². The summed E-state index contributed by atoms with van der Waals surface area (Å²) in [4.78, 5) is 0. The van der Waals surface area contributed by atoms with Gasteiger partial charge in [-0.3, -0.25) is 0 Å². The monoisotopic (exact) mass is 210 g/mol. The maximum absolute atomic E-state index is 13.4. The van der Waals surface area contributed by atoms with Crippen LogP contribution in [0.15, 0.2) is 48.5 Å². The molecule has 3 N–H and O–H groups in total. The van der Waals surface area contributed by atoms with E-state index in [4.69, 9.17) is 5.73 Å². The van der Waals surface area contributed by atoms with Crippen molar-refractivity contribution in [1.82, 2.24) is 5.32 Å². The Hall–Kier alpha value is -1.35. The highest BCUT2D eigenvalue weighted by atomic mass is 19.1. The third-order valence-electron chi connectivity index (χ3n) is 1.87. The number of hydrogen-bond donors (Lipinski definition) is 2. The van der Waals surface area contributed by atoms with E-state index in [-0.39, 0.29) is 0 Å². The van der Waals surface area contributed by atoms with Gasteiger partial charge < -0.3 is 11.1 Å². The van der Waals surface area contributed by atoms with Gasteiger partial charge in [0.15, 0.2) is 0 Å². The first-order valence-electron chi connectivity index (χ1n) is 4.85. The Labute approximate surface area is 91.1 Å². The molecule has 0 spiro atoms. The minimum Gasteiger partial charge on any atom is -0.385 e. The molecule has 0 heterocycles. The van der Waals surface area contributed by atoms with E-state index in [0.29, 0.717) is 29.9 Å². The summed E-state index contributed by atoms with van der Waals surface area (Å²) in [7, 11) is 0. The maximum atomic E-state index is 13.4. The van der Waals surface area contributed by atoms with Gasteiger partial charge in [0.1, 0.15) is 5.83 Å². The van der Waals surface area contributed by atoms with Crippen LogP contribution in [0.2, 0.25) is 0 Å². The number of halogens is 1. The molecule has 0 aromatic heterocycles. The minimum atomic E-state index is -0.409. The van der Waals surface area contributed by atoms with Gasteiger partial charge >= 0.3 is 0 Å². The molecule has 0 bridgehead atoms. The van der Waals surface area contributed by atoms with Crippen LogP contribution in [0.4, 0.5) is 4.39 Å². The highest BCUT2D eigenvalue weighted by Gasteiger charge is 2.08. The van der Waals surface area contributed by atoms with Crippen molar-refractivity contribution in [2.24, 2.45) is 5.73 Å². The fourth-order valence-electron chi connectivity index (χ4n) is 1.14. The lowest BCUT2D eigenvalue weighted by Crippen LogP contribution is -2.19. The van der Waals surface area contributed by atoms with Crippen LogP contribution < -0.4 is 11.1 Å². The normalized spacial score (nSPS) is 11.7. The van der Waals surface area contributed by atoms with E-state index in [9.17, 15) is 4.39 Å². The Bertz CT molecular complexity index is 290. The molecule has 2 nitrogen and oxygen atoms in total. The largest absolute Gasteiger partial charge is 0.385 e. The summed E-state index contributed by atoms with van der Waals surface area (Å²) in [5.41, 5.74) is 6.88. The quantitative estimate of drug-likeness (QED) is 0.500. The summed E-state index contributed by atoms with van der Waals surface area (Å²) in [6.45, 7) is 13.8. The summed E-state index contributed by atoms with van der Waals surface area (Å²) in [5.74, 6) is -0.409. The molecule has 0 aromatic rings. The number of hydrogen-bond acceptors (Lipinski definition) is 2. The van der Waals surface area contributed by atoms with Gasteiger partial charge in [-0.25, -0.2) is 4.39 Å². The maximum Gasteiger partial charge on any atom is 0.132 e. The van der Waals surface area contributed by atoms with Gasteiger partial charge in [-0.1, -0.05) is 19.7 Å². The standard InChI is InChI=1S/C12H19FN2/c1-5-11(13)12(9(2)3)10(4)15-8-6-7-14/h5,15H,1-2,4,6-8,14H2,3H3/b12-11-. The molecule has 15 heavy (non-hydrogen) atoms. The van der Waals surface area contributed by atoms with Crippen molar-refractivity contribution in [2.75, 3.05) is 13.1 Å². The van der Waals surface area contributed by atoms with Crippen LogP contribution in [0.5, 0.6) is 0 Å². The van der Waals surface area contributed by atoms with Crippen LogP contribution in [0, 0.1) is 0 Å². The van der Waals surface area contributed by atoms with Gasteiger partial charge in [0.05, 0.1) is 0 Å². The molecular formula is C12H19FN2. The lowest BCUT2D eigenvalue weighted by molar-refractivity contribution is 0.651. The van der Waals surface area contributed by atoms with Crippen LogP contribution in [0.1, 0.15) is 13.3 Å². The van der Waals surface area contributed by atoms with E-state index >= 15 is 0 Å². The van der Waals surface area contributed by atoms with Crippen LogP contribution >= 0.6 is 0 Å². The Kier molecular flexibility index (Phi) is 6.38. The molecule has 0 atom stereocenters. The number of nitrogens with one attached hydrogen (secondary N) is 1. The number of allylic oxidation sites excluding steroid dienone is 3. The first kappa shape index (κ1) is 13.7. The topological polar surface area (TPSA) is 38.0 Å². The molecule has 0 aliphatic heterocycles. The third-order valence-corrected chi connectivity index (χ3v) is 1.87. The van der Waals surface area contributed by atoms with Crippen LogP contribution in [-0.4, -0.2) is 13.1 Å². The average Bonchev–Trinajstić information content (AvgIpc) is 2.17. The molecule has 0 radical (unpaired) electrons. The fourth-order valence-corrected chi connectivity index (χ4v) is 1.14. The summed E-state index contributed by atoms with van der Waals surface area (Å²) in [6, 6.07) is 0. The summed E-state index contributed by atoms with van der Waals surface area (Å²) in [5, 5.41) is 3.00. The molecule has 0 saturated carbocycles. The zero-order chi connectivity index (χ0) is 11.8. The molecule has 0 saturated heterocycles. The van der Waals surface area contributed by atoms with Gasteiger partial charge in [-0.15, -0.1) is 0 Å². The van der Waals surface area contributed by atoms with E-state index in [1.54, 1.807) is 6.92 Å². The SMILES string of the molecule is C=C/C(F)=C(\C(=C)C)C(=C)NCCCN. The van der Waals surface area contributed by atoms with E-state index in [2.05, 4.69) is 25.1 Å². The smallest absolute Gasteiger partial charge is 0.132 e. The summed E-state index contributed by atoms with van der Waals surface area (Å²) >= 11 is 0. The van der Waals surface area contributed by atoms with E-state index < -0.39 is 5.83 Å². The lowest BCUT2D eigenvalue weighted by Gasteiger charge is -2.13. The molecule has 0 unspecified atom stereocenters. The van der Waals surface area contributed by atoms with Crippen molar-refractivity contribution >= 4 is 0 Å². The van der Waals surface area contributed by atoms with Gasteiger partial charge in [-0.05, 0) is 31.5 Å². The third kappa shape index (κ3) is 4.61. The Morgan fingerprint density at radius 2 is 2.07 bits per heavy atom. The van der Waals surface area contributed by atoms with Crippen molar-refractivity contribution in [2.45, 2.75) is 13.3 Å². The van der Waals surface area contributed by atoms with Crippen molar-refractivity contribution in [3.05, 3.63) is 48.5 Å².